The van der Waals surface area contributed by atoms with E-state index in [0.717, 1.165) is 17.5 Å². The van der Waals surface area contributed by atoms with Gasteiger partial charge < -0.3 is 10.6 Å². The van der Waals surface area contributed by atoms with E-state index >= 15 is 0 Å². The largest absolute Gasteiger partial charge is 0.344 e. The van der Waals surface area contributed by atoms with Crippen LogP contribution in [0.4, 0.5) is 5.69 Å². The molecule has 0 bridgehead atoms. The van der Waals surface area contributed by atoms with E-state index in [2.05, 4.69) is 17.6 Å². The molecule has 2 rings (SSSR count). The van der Waals surface area contributed by atoms with Gasteiger partial charge in [-0.15, -0.1) is 0 Å². The molecule has 0 saturated heterocycles. The summed E-state index contributed by atoms with van der Waals surface area (Å²) in [5, 5.41) is 5.21. The van der Waals surface area contributed by atoms with Crippen molar-refractivity contribution in [2.24, 2.45) is 0 Å². The van der Waals surface area contributed by atoms with Crippen LogP contribution >= 0.6 is 0 Å². The Morgan fingerprint density at radius 1 is 0.955 bits per heavy atom. The van der Waals surface area contributed by atoms with Crippen molar-refractivity contribution in [1.29, 1.82) is 0 Å². The SMILES string of the molecule is CCc1ccc(NC(=O)C(=O)NCc2cccc(C)c2)cc1. The van der Waals surface area contributed by atoms with E-state index in [4.69, 9.17) is 0 Å². The fourth-order valence-electron chi connectivity index (χ4n) is 2.10. The van der Waals surface area contributed by atoms with Crippen molar-refractivity contribution in [1.82, 2.24) is 5.32 Å². The number of aryl methyl sites for hydroxylation is 2. The summed E-state index contributed by atoms with van der Waals surface area (Å²) in [7, 11) is 0. The van der Waals surface area contributed by atoms with Crippen molar-refractivity contribution in [3.8, 4) is 0 Å². The second-order valence-electron chi connectivity index (χ2n) is 5.18. The number of anilines is 1. The van der Waals surface area contributed by atoms with Gasteiger partial charge in [0.1, 0.15) is 0 Å². The average molecular weight is 296 g/mol. The van der Waals surface area contributed by atoms with Crippen LogP contribution in [0.25, 0.3) is 0 Å². The number of benzene rings is 2. The van der Waals surface area contributed by atoms with Gasteiger partial charge in [0.2, 0.25) is 0 Å². The molecule has 0 aliphatic carbocycles. The Morgan fingerprint density at radius 2 is 1.68 bits per heavy atom. The van der Waals surface area contributed by atoms with Crippen LogP contribution in [-0.2, 0) is 22.6 Å². The molecule has 0 radical (unpaired) electrons. The molecular formula is C18H20N2O2. The molecule has 2 aromatic carbocycles. The first-order valence-electron chi connectivity index (χ1n) is 7.32. The molecule has 0 fully saturated rings. The number of carbonyl (C=O) groups excluding carboxylic acids is 2. The molecule has 0 aliphatic rings. The van der Waals surface area contributed by atoms with Crippen molar-refractivity contribution in [2.75, 3.05) is 5.32 Å². The summed E-state index contributed by atoms with van der Waals surface area (Å²) in [4.78, 5) is 23.6. The van der Waals surface area contributed by atoms with Crippen LogP contribution in [0, 0.1) is 6.92 Å². The fourth-order valence-corrected chi connectivity index (χ4v) is 2.10. The summed E-state index contributed by atoms with van der Waals surface area (Å²) >= 11 is 0. The zero-order valence-corrected chi connectivity index (χ0v) is 12.8. The van der Waals surface area contributed by atoms with E-state index < -0.39 is 11.8 Å². The third kappa shape index (κ3) is 4.45. The second-order valence-corrected chi connectivity index (χ2v) is 5.18. The molecule has 114 valence electrons. The highest BCUT2D eigenvalue weighted by Gasteiger charge is 2.13. The summed E-state index contributed by atoms with van der Waals surface area (Å²) < 4.78 is 0. The predicted octanol–water partition coefficient (Wildman–Crippen LogP) is 2.81. The molecule has 4 heteroatoms. The maximum Gasteiger partial charge on any atom is 0.313 e. The molecule has 2 aromatic rings. The first-order chi connectivity index (χ1) is 10.6. The minimum atomic E-state index is -0.656. The van der Waals surface area contributed by atoms with Gasteiger partial charge in [0.05, 0.1) is 0 Å². The Morgan fingerprint density at radius 3 is 2.32 bits per heavy atom. The minimum absolute atomic E-state index is 0.336. The predicted molar refractivity (Wildman–Crippen MR) is 87.5 cm³/mol. The Balaban J connectivity index is 1.87. The maximum atomic E-state index is 11.8. The van der Waals surface area contributed by atoms with Gasteiger partial charge in [0.25, 0.3) is 0 Å². The van der Waals surface area contributed by atoms with E-state index in [1.807, 2.05) is 43.3 Å². The van der Waals surface area contributed by atoms with Gasteiger partial charge in [-0.3, -0.25) is 9.59 Å². The molecular weight excluding hydrogens is 276 g/mol. The minimum Gasteiger partial charge on any atom is -0.344 e. The molecule has 0 aromatic heterocycles. The highest BCUT2D eigenvalue weighted by molar-refractivity contribution is 6.39. The molecule has 0 spiro atoms. The van der Waals surface area contributed by atoms with Crippen molar-refractivity contribution < 1.29 is 9.59 Å². The van der Waals surface area contributed by atoms with Gasteiger partial charge in [-0.2, -0.15) is 0 Å². The molecule has 22 heavy (non-hydrogen) atoms. The van der Waals surface area contributed by atoms with Crippen LogP contribution in [0.3, 0.4) is 0 Å². The Hall–Kier alpha value is -2.62. The molecule has 2 N–H and O–H groups in total. The van der Waals surface area contributed by atoms with E-state index in [-0.39, 0.29) is 0 Å². The van der Waals surface area contributed by atoms with Gasteiger partial charge in [-0.25, -0.2) is 0 Å². The molecule has 0 saturated carbocycles. The summed E-state index contributed by atoms with van der Waals surface area (Å²) in [6, 6.07) is 15.2. The fraction of sp³-hybridized carbons (Fsp3) is 0.222. The Bertz CT molecular complexity index is 663. The Kier molecular flexibility index (Phi) is 5.31. The first-order valence-corrected chi connectivity index (χ1v) is 7.32. The number of nitrogens with one attached hydrogen (secondary N) is 2. The molecule has 4 nitrogen and oxygen atoms in total. The highest BCUT2D eigenvalue weighted by atomic mass is 16.2. The van der Waals surface area contributed by atoms with Gasteiger partial charge in [0, 0.05) is 12.2 Å². The van der Waals surface area contributed by atoms with Crippen LogP contribution in [0.1, 0.15) is 23.6 Å². The summed E-state index contributed by atoms with van der Waals surface area (Å²) in [6.45, 7) is 4.38. The van der Waals surface area contributed by atoms with Crippen molar-refractivity contribution in [2.45, 2.75) is 26.8 Å². The monoisotopic (exact) mass is 296 g/mol. The van der Waals surface area contributed by atoms with E-state index in [9.17, 15) is 9.59 Å². The van der Waals surface area contributed by atoms with Crippen LogP contribution < -0.4 is 10.6 Å². The quantitative estimate of drug-likeness (QED) is 0.852. The number of hydrogen-bond acceptors (Lipinski definition) is 2. The normalized spacial score (nSPS) is 10.1. The summed E-state index contributed by atoms with van der Waals surface area (Å²) in [5.74, 6) is -1.29. The topological polar surface area (TPSA) is 58.2 Å². The molecule has 0 heterocycles. The zero-order chi connectivity index (χ0) is 15.9. The third-order valence-electron chi connectivity index (χ3n) is 3.36. The van der Waals surface area contributed by atoms with Gasteiger partial charge in [0.15, 0.2) is 0 Å². The van der Waals surface area contributed by atoms with Crippen molar-refractivity contribution in [3.05, 3.63) is 65.2 Å². The highest BCUT2D eigenvalue weighted by Crippen LogP contribution is 2.09. The zero-order valence-electron chi connectivity index (χ0n) is 12.8. The molecule has 0 atom stereocenters. The van der Waals surface area contributed by atoms with E-state index in [1.165, 1.54) is 5.56 Å². The molecule has 2 amide bonds. The van der Waals surface area contributed by atoms with Gasteiger partial charge in [-0.05, 0) is 36.6 Å². The van der Waals surface area contributed by atoms with Crippen molar-refractivity contribution in [3.63, 3.8) is 0 Å². The standard InChI is InChI=1S/C18H20N2O2/c1-3-14-7-9-16(10-8-14)20-18(22)17(21)19-12-15-6-4-5-13(2)11-15/h4-11H,3,12H2,1-2H3,(H,19,21)(H,20,22). The summed E-state index contributed by atoms with van der Waals surface area (Å²) in [5.41, 5.74) is 3.88. The maximum absolute atomic E-state index is 11.8. The molecule has 0 aliphatic heterocycles. The van der Waals surface area contributed by atoms with Gasteiger partial charge >= 0.3 is 11.8 Å². The second kappa shape index (κ2) is 7.41. The van der Waals surface area contributed by atoms with E-state index in [0.29, 0.717) is 12.2 Å². The number of rotatable bonds is 4. The lowest BCUT2D eigenvalue weighted by atomic mass is 10.1. The van der Waals surface area contributed by atoms with Crippen LogP contribution in [0.5, 0.6) is 0 Å². The Labute approximate surface area is 130 Å². The third-order valence-corrected chi connectivity index (χ3v) is 3.36. The lowest BCUT2D eigenvalue weighted by Gasteiger charge is -2.07. The van der Waals surface area contributed by atoms with E-state index in [1.54, 1.807) is 12.1 Å². The number of hydrogen-bond donors (Lipinski definition) is 2. The first kappa shape index (κ1) is 15.8. The van der Waals surface area contributed by atoms with Crippen LogP contribution in [-0.4, -0.2) is 11.8 Å². The van der Waals surface area contributed by atoms with Crippen LogP contribution in [0.2, 0.25) is 0 Å². The van der Waals surface area contributed by atoms with Gasteiger partial charge in [-0.1, -0.05) is 48.9 Å². The number of carbonyl (C=O) groups is 2. The molecule has 0 unspecified atom stereocenters. The lowest BCUT2D eigenvalue weighted by Crippen LogP contribution is -2.34. The van der Waals surface area contributed by atoms with Crippen LogP contribution in [0.15, 0.2) is 48.5 Å². The average Bonchev–Trinajstić information content (AvgIpc) is 2.53. The van der Waals surface area contributed by atoms with Crippen molar-refractivity contribution >= 4 is 17.5 Å². The lowest BCUT2D eigenvalue weighted by molar-refractivity contribution is -0.136. The smallest absolute Gasteiger partial charge is 0.313 e. The number of amides is 2. The summed E-state index contributed by atoms with van der Waals surface area (Å²) in [6.07, 6.45) is 0.936.